The summed E-state index contributed by atoms with van der Waals surface area (Å²) < 4.78 is 27.5. The van der Waals surface area contributed by atoms with Crippen LogP contribution in [0.5, 0.6) is 0 Å². The zero-order chi connectivity index (χ0) is 21.7. The lowest BCUT2D eigenvalue weighted by Gasteiger charge is -2.39. The zero-order valence-corrected chi connectivity index (χ0v) is 18.3. The Kier molecular flexibility index (Phi) is 7.36. The molecule has 1 heterocycles. The van der Waals surface area contributed by atoms with E-state index in [9.17, 15) is 18.0 Å². The number of amides is 2. The van der Waals surface area contributed by atoms with E-state index in [1.54, 1.807) is 0 Å². The van der Waals surface area contributed by atoms with Gasteiger partial charge in [0.25, 0.3) is 0 Å². The van der Waals surface area contributed by atoms with Crippen molar-refractivity contribution in [3.05, 3.63) is 65.2 Å². The molecule has 1 saturated heterocycles. The minimum Gasteiger partial charge on any atom is -0.351 e. The smallest absolute Gasteiger partial charge is 0.243 e. The first-order valence-electron chi connectivity index (χ1n) is 9.25. The van der Waals surface area contributed by atoms with Gasteiger partial charge in [-0.3, -0.25) is 9.59 Å². The molecule has 0 aliphatic carbocycles. The summed E-state index contributed by atoms with van der Waals surface area (Å²) in [7, 11) is -3.97. The first-order chi connectivity index (χ1) is 14.3. The van der Waals surface area contributed by atoms with Crippen molar-refractivity contribution in [2.45, 2.75) is 17.5 Å². The Labute approximate surface area is 185 Å². The predicted octanol–water partition coefficient (Wildman–Crippen LogP) is 2.10. The predicted molar refractivity (Wildman–Crippen MR) is 115 cm³/mol. The molecule has 10 heteroatoms. The number of sulfonamides is 1. The summed E-state index contributed by atoms with van der Waals surface area (Å²) in [6.07, 6.45) is 0. The highest BCUT2D eigenvalue weighted by molar-refractivity contribution is 7.89. The van der Waals surface area contributed by atoms with Gasteiger partial charge >= 0.3 is 0 Å². The SMILES string of the molecule is O=C(NCc1ccccc1)C1CN(C(=O)CCl)CCN1S(=O)(=O)c1ccc(Cl)cc1. The van der Waals surface area contributed by atoms with Gasteiger partial charge in [-0.25, -0.2) is 8.42 Å². The summed E-state index contributed by atoms with van der Waals surface area (Å²) in [6, 6.07) is 13.9. The summed E-state index contributed by atoms with van der Waals surface area (Å²) in [6.45, 7) is 0.311. The molecule has 1 aliphatic rings. The Morgan fingerprint density at radius 2 is 1.70 bits per heavy atom. The molecule has 1 aliphatic heterocycles. The number of carbonyl (C=O) groups is 2. The lowest BCUT2D eigenvalue weighted by atomic mass is 10.1. The third kappa shape index (κ3) is 5.13. The highest BCUT2D eigenvalue weighted by Crippen LogP contribution is 2.23. The summed E-state index contributed by atoms with van der Waals surface area (Å²) in [4.78, 5) is 26.5. The molecule has 1 atom stereocenters. The summed E-state index contributed by atoms with van der Waals surface area (Å²) >= 11 is 11.5. The number of carbonyl (C=O) groups excluding carboxylic acids is 2. The van der Waals surface area contributed by atoms with E-state index in [2.05, 4.69) is 5.32 Å². The lowest BCUT2D eigenvalue weighted by Crippen LogP contribution is -2.61. The van der Waals surface area contributed by atoms with Gasteiger partial charge in [0.2, 0.25) is 21.8 Å². The highest BCUT2D eigenvalue weighted by atomic mass is 35.5. The highest BCUT2D eigenvalue weighted by Gasteiger charge is 2.41. The van der Waals surface area contributed by atoms with Crippen LogP contribution in [0.1, 0.15) is 5.56 Å². The van der Waals surface area contributed by atoms with Crippen LogP contribution in [0.3, 0.4) is 0 Å². The molecule has 1 unspecified atom stereocenters. The van der Waals surface area contributed by atoms with Crippen molar-refractivity contribution in [3.8, 4) is 0 Å². The molecule has 1 fully saturated rings. The van der Waals surface area contributed by atoms with E-state index in [1.165, 1.54) is 29.2 Å². The van der Waals surface area contributed by atoms with Crippen molar-refractivity contribution in [2.24, 2.45) is 0 Å². The average molecular weight is 470 g/mol. The molecule has 3 rings (SSSR count). The molecule has 2 aromatic carbocycles. The van der Waals surface area contributed by atoms with Crippen LogP contribution < -0.4 is 5.32 Å². The maximum Gasteiger partial charge on any atom is 0.243 e. The zero-order valence-electron chi connectivity index (χ0n) is 16.0. The van der Waals surface area contributed by atoms with Crippen LogP contribution in [0.2, 0.25) is 5.02 Å². The van der Waals surface area contributed by atoms with Crippen LogP contribution in [-0.4, -0.2) is 61.0 Å². The van der Waals surface area contributed by atoms with E-state index >= 15 is 0 Å². The molecule has 2 aromatic rings. The third-order valence-electron chi connectivity index (χ3n) is 4.83. The van der Waals surface area contributed by atoms with Crippen molar-refractivity contribution >= 4 is 45.0 Å². The van der Waals surface area contributed by atoms with E-state index in [0.717, 1.165) is 9.87 Å². The second-order valence-corrected chi connectivity index (χ2v) is 9.36. The number of halogens is 2. The minimum atomic E-state index is -3.97. The number of rotatable bonds is 6. The number of hydrogen-bond acceptors (Lipinski definition) is 4. The monoisotopic (exact) mass is 469 g/mol. The molecule has 0 radical (unpaired) electrons. The molecule has 30 heavy (non-hydrogen) atoms. The molecule has 160 valence electrons. The van der Waals surface area contributed by atoms with Gasteiger partial charge in [0.15, 0.2) is 0 Å². The summed E-state index contributed by atoms with van der Waals surface area (Å²) in [5.74, 6) is -1.06. The first-order valence-corrected chi connectivity index (χ1v) is 11.6. The van der Waals surface area contributed by atoms with Gasteiger partial charge < -0.3 is 10.2 Å². The molecular formula is C20H21Cl2N3O4S. The molecule has 2 amide bonds. The van der Waals surface area contributed by atoms with E-state index in [1.807, 2.05) is 30.3 Å². The number of hydrogen-bond donors (Lipinski definition) is 1. The van der Waals surface area contributed by atoms with Crippen molar-refractivity contribution < 1.29 is 18.0 Å². The van der Waals surface area contributed by atoms with Gasteiger partial charge in [0.05, 0.1) is 4.90 Å². The summed E-state index contributed by atoms with van der Waals surface area (Å²) in [5, 5.41) is 3.18. The Hall–Kier alpha value is -2.13. The Balaban J connectivity index is 1.85. The third-order valence-corrected chi connectivity index (χ3v) is 7.23. The summed E-state index contributed by atoms with van der Waals surface area (Å²) in [5.41, 5.74) is 0.877. The van der Waals surface area contributed by atoms with E-state index < -0.39 is 22.0 Å². The maximum atomic E-state index is 13.2. The Bertz CT molecular complexity index is 1000. The molecule has 1 N–H and O–H groups in total. The fraction of sp³-hybridized carbons (Fsp3) is 0.300. The van der Waals surface area contributed by atoms with Gasteiger partial charge in [-0.2, -0.15) is 4.31 Å². The van der Waals surface area contributed by atoms with Gasteiger partial charge in [0.1, 0.15) is 11.9 Å². The second-order valence-electron chi connectivity index (χ2n) is 6.76. The van der Waals surface area contributed by atoms with E-state index in [4.69, 9.17) is 23.2 Å². The second kappa shape index (κ2) is 9.78. The molecule has 0 spiro atoms. The standard InChI is InChI=1S/C20H21Cl2N3O4S/c21-12-19(26)24-10-11-25(30(28,29)17-8-6-16(22)7-9-17)18(14-24)20(27)23-13-15-4-2-1-3-5-15/h1-9,18H,10-14H2,(H,23,27). The first kappa shape index (κ1) is 22.6. The number of nitrogens with one attached hydrogen (secondary N) is 1. The molecule has 0 saturated carbocycles. The van der Waals surface area contributed by atoms with Crippen molar-refractivity contribution in [2.75, 3.05) is 25.5 Å². The average Bonchev–Trinajstić information content (AvgIpc) is 2.77. The number of piperazine rings is 1. The largest absolute Gasteiger partial charge is 0.351 e. The molecular weight excluding hydrogens is 449 g/mol. The molecule has 0 bridgehead atoms. The van der Waals surface area contributed by atoms with Gasteiger partial charge in [0, 0.05) is 31.2 Å². The fourth-order valence-corrected chi connectivity index (χ4v) is 5.09. The molecule has 7 nitrogen and oxygen atoms in total. The number of alkyl halides is 1. The normalized spacial score (nSPS) is 17.5. The Morgan fingerprint density at radius 1 is 1.03 bits per heavy atom. The van der Waals surface area contributed by atoms with Crippen LogP contribution in [0.25, 0.3) is 0 Å². The molecule has 0 aromatic heterocycles. The van der Waals surface area contributed by atoms with Crippen LogP contribution in [0.15, 0.2) is 59.5 Å². The fourth-order valence-electron chi connectivity index (χ4n) is 3.22. The van der Waals surface area contributed by atoms with Crippen molar-refractivity contribution in [1.82, 2.24) is 14.5 Å². The van der Waals surface area contributed by atoms with Gasteiger partial charge in [-0.05, 0) is 29.8 Å². The van der Waals surface area contributed by atoms with Crippen molar-refractivity contribution in [3.63, 3.8) is 0 Å². The van der Waals surface area contributed by atoms with Gasteiger partial charge in [-0.1, -0.05) is 41.9 Å². The Morgan fingerprint density at radius 3 is 2.33 bits per heavy atom. The van der Waals surface area contributed by atoms with Crippen molar-refractivity contribution in [1.29, 1.82) is 0 Å². The van der Waals surface area contributed by atoms with Gasteiger partial charge in [-0.15, -0.1) is 11.6 Å². The van der Waals surface area contributed by atoms with E-state index in [0.29, 0.717) is 5.02 Å². The van der Waals surface area contributed by atoms with Crippen LogP contribution in [0.4, 0.5) is 0 Å². The number of benzene rings is 2. The number of nitrogens with zero attached hydrogens (tertiary/aromatic N) is 2. The van der Waals surface area contributed by atoms with Crippen LogP contribution >= 0.6 is 23.2 Å². The van der Waals surface area contributed by atoms with Crippen LogP contribution in [-0.2, 0) is 26.2 Å². The topological polar surface area (TPSA) is 86.8 Å². The van der Waals surface area contributed by atoms with E-state index in [-0.39, 0.29) is 42.9 Å². The maximum absolute atomic E-state index is 13.2. The quantitative estimate of drug-likeness (QED) is 0.656. The lowest BCUT2D eigenvalue weighted by molar-refractivity contribution is -0.134. The van der Waals surface area contributed by atoms with Crippen LogP contribution in [0, 0.1) is 0 Å². The minimum absolute atomic E-state index is 0.0169.